The molecule has 0 unspecified atom stereocenters. The second-order valence-electron chi connectivity index (χ2n) is 10.1. The molecule has 0 spiro atoms. The van der Waals surface area contributed by atoms with Crippen LogP contribution in [0.1, 0.15) is 55.5 Å². The molecule has 2 aliphatic rings. The summed E-state index contributed by atoms with van der Waals surface area (Å²) >= 11 is 0. The number of halogens is 3. The highest BCUT2D eigenvalue weighted by atomic mass is 32.2. The van der Waals surface area contributed by atoms with Crippen molar-refractivity contribution in [1.29, 1.82) is 0 Å². The maximum atomic E-state index is 13.3. The molecule has 1 aliphatic carbocycles. The Kier molecular flexibility index (Phi) is 8.41. The normalized spacial score (nSPS) is 25.8. The number of nitrogens with zero attached hydrogens (tertiary/aromatic N) is 3. The highest BCUT2D eigenvalue weighted by Crippen LogP contribution is 2.33. The summed E-state index contributed by atoms with van der Waals surface area (Å²) in [6, 6.07) is 2.83. The monoisotopic (exact) mass is 532 g/mol. The number of benzene rings is 1. The number of sulfonamides is 1. The van der Waals surface area contributed by atoms with Crippen LogP contribution in [-0.2, 0) is 21.0 Å². The highest BCUT2D eigenvalue weighted by molar-refractivity contribution is 7.88. The van der Waals surface area contributed by atoms with Crippen molar-refractivity contribution >= 4 is 21.8 Å². The van der Waals surface area contributed by atoms with Crippen LogP contribution in [0.2, 0.25) is 0 Å². The minimum Gasteiger partial charge on any atom is -0.340 e. The average molecular weight is 533 g/mol. The molecule has 1 aromatic rings. The lowest BCUT2D eigenvalue weighted by molar-refractivity contribution is -0.137. The molecule has 1 saturated carbocycles. The van der Waals surface area contributed by atoms with E-state index in [9.17, 15) is 31.2 Å². The molecule has 1 saturated heterocycles. The second-order valence-corrected chi connectivity index (χ2v) is 12.1. The van der Waals surface area contributed by atoms with Gasteiger partial charge in [-0.25, -0.2) is 12.7 Å². The lowest BCUT2D eigenvalue weighted by Gasteiger charge is -2.46. The van der Waals surface area contributed by atoms with E-state index in [0.717, 1.165) is 30.9 Å². The summed E-state index contributed by atoms with van der Waals surface area (Å²) in [7, 11) is 0.0122. The summed E-state index contributed by atoms with van der Waals surface area (Å²) < 4.78 is 65.2. The molecule has 1 aliphatic heterocycles. The van der Waals surface area contributed by atoms with Gasteiger partial charge in [-0.1, -0.05) is 6.07 Å². The van der Waals surface area contributed by atoms with Crippen LogP contribution in [0.15, 0.2) is 24.3 Å². The number of hydrogen-bond donors (Lipinski definition) is 1. The Morgan fingerprint density at radius 3 is 2.42 bits per heavy atom. The fourth-order valence-corrected chi connectivity index (χ4v) is 5.86. The van der Waals surface area contributed by atoms with Gasteiger partial charge in [0, 0.05) is 43.3 Å². The van der Waals surface area contributed by atoms with Crippen LogP contribution in [0.25, 0.3) is 0 Å². The van der Waals surface area contributed by atoms with Gasteiger partial charge in [-0.15, -0.1) is 0 Å². The van der Waals surface area contributed by atoms with E-state index < -0.39 is 39.8 Å². The Morgan fingerprint density at radius 1 is 1.17 bits per heavy atom. The standard InChI is InChI=1S/C24H35F3N4O4S/c1-15(2)29(3)18-9-10-20(21(14-18)30(4)36(5,34)35)31-12-11-19(23(31)33)28-22(32)16-7-6-8-17(13-16)24(25,26)27/h6-8,13,15,18-21H,9-12,14H2,1-5H3,(H,28,32)/t18-,19+,20+,21-/m1/s1. The van der Waals surface area contributed by atoms with Gasteiger partial charge in [0.15, 0.2) is 0 Å². The SMILES string of the molecule is CC(C)N(C)[C@@H]1CC[C@H](N2CC[C@H](NC(=O)c3cccc(C(F)(F)F)c3)C2=O)[C@H](N(C)S(C)(=O)=O)C1. The Hall–Kier alpha value is -2.18. The van der Waals surface area contributed by atoms with Crippen molar-refractivity contribution in [3.8, 4) is 0 Å². The largest absolute Gasteiger partial charge is 0.416 e. The third-order valence-corrected chi connectivity index (χ3v) is 8.85. The molecule has 0 aromatic heterocycles. The number of nitrogens with one attached hydrogen (secondary N) is 1. The molecule has 2 amide bonds. The first-order chi connectivity index (χ1) is 16.6. The van der Waals surface area contributed by atoms with Gasteiger partial charge in [0.05, 0.1) is 11.8 Å². The van der Waals surface area contributed by atoms with Crippen molar-refractivity contribution in [3.63, 3.8) is 0 Å². The van der Waals surface area contributed by atoms with Gasteiger partial charge in [-0.2, -0.15) is 13.2 Å². The lowest BCUT2D eigenvalue weighted by atomic mass is 9.84. The molecule has 4 atom stereocenters. The predicted molar refractivity (Wildman–Crippen MR) is 130 cm³/mol. The van der Waals surface area contributed by atoms with Gasteiger partial charge >= 0.3 is 6.18 Å². The van der Waals surface area contributed by atoms with Gasteiger partial charge in [0.25, 0.3) is 5.91 Å². The molecule has 1 aromatic carbocycles. The van der Waals surface area contributed by atoms with Gasteiger partial charge < -0.3 is 15.1 Å². The number of hydrogen-bond acceptors (Lipinski definition) is 5. The quantitative estimate of drug-likeness (QED) is 0.583. The van der Waals surface area contributed by atoms with Crippen molar-refractivity contribution in [1.82, 2.24) is 19.4 Å². The van der Waals surface area contributed by atoms with Crippen molar-refractivity contribution in [3.05, 3.63) is 35.4 Å². The Labute approximate surface area is 210 Å². The maximum Gasteiger partial charge on any atom is 0.416 e. The molecule has 1 heterocycles. The number of rotatable bonds is 7. The minimum atomic E-state index is -4.58. The van der Waals surface area contributed by atoms with Crippen molar-refractivity contribution in [2.75, 3.05) is 26.9 Å². The van der Waals surface area contributed by atoms with Gasteiger partial charge in [-0.05, 0) is 64.8 Å². The van der Waals surface area contributed by atoms with Crippen LogP contribution in [-0.4, -0.2) is 91.4 Å². The van der Waals surface area contributed by atoms with Gasteiger partial charge in [-0.3, -0.25) is 9.59 Å². The molecule has 0 bridgehead atoms. The summed E-state index contributed by atoms with van der Waals surface area (Å²) in [6.07, 6.45) is -1.19. The third kappa shape index (κ3) is 6.20. The third-order valence-electron chi connectivity index (χ3n) is 7.53. The topological polar surface area (TPSA) is 90.0 Å². The van der Waals surface area contributed by atoms with E-state index in [1.165, 1.54) is 17.4 Å². The van der Waals surface area contributed by atoms with Crippen LogP contribution in [0.3, 0.4) is 0 Å². The molecule has 8 nitrogen and oxygen atoms in total. The van der Waals surface area contributed by atoms with E-state index in [2.05, 4.69) is 24.1 Å². The second kappa shape index (κ2) is 10.7. The summed E-state index contributed by atoms with van der Waals surface area (Å²) in [5.41, 5.74) is -1.12. The van der Waals surface area contributed by atoms with Crippen molar-refractivity contribution in [2.45, 2.75) is 75.9 Å². The number of likely N-dealkylation sites (tertiary alicyclic amines) is 1. The number of alkyl halides is 3. The zero-order chi connectivity index (χ0) is 27.0. The fraction of sp³-hybridized carbons (Fsp3) is 0.667. The molecule has 2 fully saturated rings. The van der Waals surface area contributed by atoms with E-state index in [4.69, 9.17) is 0 Å². The van der Waals surface area contributed by atoms with E-state index in [-0.39, 0.29) is 29.6 Å². The fourth-order valence-electron chi connectivity index (χ4n) is 5.14. The van der Waals surface area contributed by atoms with Crippen LogP contribution >= 0.6 is 0 Å². The Balaban J connectivity index is 1.76. The first-order valence-electron chi connectivity index (χ1n) is 12.0. The first kappa shape index (κ1) is 28.4. The van der Waals surface area contributed by atoms with E-state index in [1.54, 1.807) is 4.90 Å². The summed E-state index contributed by atoms with van der Waals surface area (Å²) in [6.45, 7) is 4.47. The first-order valence-corrected chi connectivity index (χ1v) is 13.9. The number of amides is 2. The number of carbonyl (C=O) groups is 2. The maximum absolute atomic E-state index is 13.3. The molecule has 0 radical (unpaired) electrons. The number of likely N-dealkylation sites (N-methyl/N-ethyl adjacent to an activating group) is 1. The molecule has 3 rings (SSSR count). The van der Waals surface area contributed by atoms with Crippen LogP contribution in [0, 0.1) is 0 Å². The summed E-state index contributed by atoms with van der Waals surface area (Å²) in [5, 5.41) is 2.57. The molecule has 12 heteroatoms. The Morgan fingerprint density at radius 2 is 1.83 bits per heavy atom. The highest BCUT2D eigenvalue weighted by Gasteiger charge is 2.45. The van der Waals surface area contributed by atoms with Crippen LogP contribution in [0.5, 0.6) is 0 Å². The van der Waals surface area contributed by atoms with Crippen LogP contribution in [0.4, 0.5) is 13.2 Å². The number of carbonyl (C=O) groups excluding carboxylic acids is 2. The van der Waals surface area contributed by atoms with E-state index >= 15 is 0 Å². The van der Waals surface area contributed by atoms with Crippen molar-refractivity contribution in [2.24, 2.45) is 0 Å². The summed E-state index contributed by atoms with van der Waals surface area (Å²) in [5.74, 6) is -1.10. The molecule has 202 valence electrons. The predicted octanol–water partition coefficient (Wildman–Crippen LogP) is 2.56. The zero-order valence-corrected chi connectivity index (χ0v) is 22.1. The molecular weight excluding hydrogens is 497 g/mol. The van der Waals surface area contributed by atoms with E-state index in [0.29, 0.717) is 25.8 Å². The van der Waals surface area contributed by atoms with Crippen LogP contribution < -0.4 is 5.32 Å². The Bertz CT molecular complexity index is 1080. The average Bonchev–Trinajstić information content (AvgIpc) is 3.16. The van der Waals surface area contributed by atoms with E-state index in [1.807, 2.05) is 7.05 Å². The minimum absolute atomic E-state index is 0.157. The smallest absolute Gasteiger partial charge is 0.340 e. The molecular formula is C24H35F3N4O4S. The van der Waals surface area contributed by atoms with Crippen molar-refractivity contribution < 1.29 is 31.2 Å². The molecule has 36 heavy (non-hydrogen) atoms. The zero-order valence-electron chi connectivity index (χ0n) is 21.2. The summed E-state index contributed by atoms with van der Waals surface area (Å²) in [4.78, 5) is 29.8. The molecule has 1 N–H and O–H groups in total. The lowest BCUT2D eigenvalue weighted by Crippen LogP contribution is -2.59. The van der Waals surface area contributed by atoms with Gasteiger partial charge in [0.1, 0.15) is 6.04 Å². The van der Waals surface area contributed by atoms with Gasteiger partial charge in [0.2, 0.25) is 15.9 Å².